The highest BCUT2D eigenvalue weighted by molar-refractivity contribution is 5.82. The largest absolute Gasteiger partial charge is 0.453 e. The number of rotatable bonds is 2. The van der Waals surface area contributed by atoms with Gasteiger partial charge in [0, 0.05) is 18.0 Å². The quantitative estimate of drug-likeness (QED) is 0.707. The van der Waals surface area contributed by atoms with E-state index in [9.17, 15) is 13.2 Å². The molecule has 0 radical (unpaired) electrons. The second-order valence-corrected chi connectivity index (χ2v) is 4.66. The van der Waals surface area contributed by atoms with Crippen LogP contribution in [0.4, 0.5) is 13.2 Å². The molecule has 114 valence electrons. The fourth-order valence-electron chi connectivity index (χ4n) is 2.16. The summed E-state index contributed by atoms with van der Waals surface area (Å²) in [5.41, 5.74) is 0.898. The number of nitriles is 1. The van der Waals surface area contributed by atoms with Gasteiger partial charge in [0.2, 0.25) is 5.76 Å². The first-order valence-corrected chi connectivity index (χ1v) is 6.48. The predicted molar refractivity (Wildman–Crippen MR) is 74.9 cm³/mol. The third-order valence-electron chi connectivity index (χ3n) is 3.19. The summed E-state index contributed by atoms with van der Waals surface area (Å²) in [6.07, 6.45) is -1.77. The lowest BCUT2D eigenvalue weighted by Crippen LogP contribution is -2.05. The maximum atomic E-state index is 13.2. The molecule has 4 nitrogen and oxygen atoms in total. The SMILES string of the molecule is N#Cc1ccc(-c2c(-c3cccnc3)noc2C(F)(F)F)cc1. The van der Waals surface area contributed by atoms with E-state index in [1.165, 1.54) is 36.7 Å². The Hall–Kier alpha value is -3.14. The van der Waals surface area contributed by atoms with Gasteiger partial charge >= 0.3 is 6.18 Å². The lowest BCUT2D eigenvalue weighted by Gasteiger charge is -2.07. The monoisotopic (exact) mass is 315 g/mol. The molecule has 3 rings (SSSR count). The van der Waals surface area contributed by atoms with Gasteiger partial charge in [-0.2, -0.15) is 18.4 Å². The number of benzene rings is 1. The van der Waals surface area contributed by atoms with Crippen LogP contribution in [0.5, 0.6) is 0 Å². The van der Waals surface area contributed by atoms with Gasteiger partial charge in [0.15, 0.2) is 0 Å². The van der Waals surface area contributed by atoms with Crippen molar-refractivity contribution in [3.05, 3.63) is 60.1 Å². The van der Waals surface area contributed by atoms with E-state index in [0.717, 1.165) is 0 Å². The summed E-state index contributed by atoms with van der Waals surface area (Å²) < 4.78 is 44.2. The van der Waals surface area contributed by atoms with Crippen molar-refractivity contribution in [1.29, 1.82) is 5.26 Å². The van der Waals surface area contributed by atoms with Crippen LogP contribution in [0.2, 0.25) is 0 Å². The number of hydrogen-bond donors (Lipinski definition) is 0. The standard InChI is InChI=1S/C16H8F3N3O/c17-16(18,19)15-13(11-5-3-10(8-20)4-6-11)14(22-23-15)12-2-1-7-21-9-12/h1-7,9H. The van der Waals surface area contributed by atoms with E-state index in [1.54, 1.807) is 12.1 Å². The van der Waals surface area contributed by atoms with Gasteiger partial charge in [0.05, 0.1) is 17.2 Å². The van der Waals surface area contributed by atoms with E-state index in [2.05, 4.69) is 14.7 Å². The Morgan fingerprint density at radius 3 is 2.35 bits per heavy atom. The molecule has 0 N–H and O–H groups in total. The van der Waals surface area contributed by atoms with Gasteiger partial charge in [-0.15, -0.1) is 0 Å². The molecule has 0 atom stereocenters. The first-order valence-electron chi connectivity index (χ1n) is 6.48. The van der Waals surface area contributed by atoms with Crippen molar-refractivity contribution in [3.8, 4) is 28.5 Å². The molecular weight excluding hydrogens is 307 g/mol. The Labute approximate surface area is 128 Å². The third kappa shape index (κ3) is 2.79. The summed E-state index contributed by atoms with van der Waals surface area (Å²) in [4.78, 5) is 3.89. The minimum atomic E-state index is -4.68. The van der Waals surface area contributed by atoms with Crippen LogP contribution in [0.1, 0.15) is 11.3 Å². The van der Waals surface area contributed by atoms with Gasteiger partial charge in [0.1, 0.15) is 5.69 Å². The number of halogens is 3. The molecule has 2 aromatic heterocycles. The van der Waals surface area contributed by atoms with Gasteiger partial charge in [-0.25, -0.2) is 0 Å². The molecule has 0 fully saturated rings. The fraction of sp³-hybridized carbons (Fsp3) is 0.0625. The predicted octanol–water partition coefficient (Wildman–Crippen LogP) is 4.29. The van der Waals surface area contributed by atoms with Crippen molar-refractivity contribution in [2.45, 2.75) is 6.18 Å². The molecule has 0 aliphatic carbocycles. The molecule has 7 heteroatoms. The summed E-state index contributed by atoms with van der Waals surface area (Å²) in [6.45, 7) is 0. The molecule has 0 saturated heterocycles. The van der Waals surface area contributed by atoms with Crippen LogP contribution in [-0.2, 0) is 6.18 Å². The minimum Gasteiger partial charge on any atom is -0.350 e. The van der Waals surface area contributed by atoms with Crippen LogP contribution in [0.25, 0.3) is 22.4 Å². The van der Waals surface area contributed by atoms with Crippen LogP contribution >= 0.6 is 0 Å². The summed E-state index contributed by atoms with van der Waals surface area (Å²) in [5.74, 6) is -1.18. The number of alkyl halides is 3. The lowest BCUT2D eigenvalue weighted by atomic mass is 9.99. The van der Waals surface area contributed by atoms with Gasteiger partial charge in [-0.3, -0.25) is 4.98 Å². The smallest absolute Gasteiger partial charge is 0.350 e. The molecule has 1 aromatic carbocycles. The number of hydrogen-bond acceptors (Lipinski definition) is 4. The maximum absolute atomic E-state index is 13.2. The zero-order chi connectivity index (χ0) is 16.4. The average molecular weight is 315 g/mol. The van der Waals surface area contributed by atoms with E-state index >= 15 is 0 Å². The van der Waals surface area contributed by atoms with Crippen LogP contribution < -0.4 is 0 Å². The van der Waals surface area contributed by atoms with Crippen molar-refractivity contribution in [1.82, 2.24) is 10.1 Å². The van der Waals surface area contributed by atoms with E-state index < -0.39 is 11.9 Å². The van der Waals surface area contributed by atoms with E-state index in [4.69, 9.17) is 5.26 Å². The van der Waals surface area contributed by atoms with Crippen molar-refractivity contribution in [2.75, 3.05) is 0 Å². The second kappa shape index (κ2) is 5.57. The van der Waals surface area contributed by atoms with Crippen molar-refractivity contribution in [2.24, 2.45) is 0 Å². The molecule has 0 aliphatic rings. The molecule has 0 aliphatic heterocycles. The van der Waals surface area contributed by atoms with Crippen LogP contribution in [0.3, 0.4) is 0 Å². The molecular formula is C16H8F3N3O. The van der Waals surface area contributed by atoms with E-state index in [0.29, 0.717) is 11.1 Å². The number of pyridine rings is 1. The first kappa shape index (κ1) is 14.8. The van der Waals surface area contributed by atoms with Crippen LogP contribution in [0.15, 0.2) is 53.3 Å². The first-order chi connectivity index (χ1) is 11.0. The molecule has 0 amide bonds. The van der Waals surface area contributed by atoms with Crippen molar-refractivity contribution in [3.63, 3.8) is 0 Å². The van der Waals surface area contributed by atoms with E-state index in [1.807, 2.05) is 6.07 Å². The summed E-state index contributed by atoms with van der Waals surface area (Å²) in [6, 6.07) is 10.9. The lowest BCUT2D eigenvalue weighted by molar-refractivity contribution is -0.154. The highest BCUT2D eigenvalue weighted by Gasteiger charge is 2.41. The average Bonchev–Trinajstić information content (AvgIpc) is 3.01. The van der Waals surface area contributed by atoms with Crippen LogP contribution in [0, 0.1) is 11.3 Å². The number of nitrogens with zero attached hydrogens (tertiary/aromatic N) is 3. The van der Waals surface area contributed by atoms with Gasteiger partial charge in [0.25, 0.3) is 0 Å². The highest BCUT2D eigenvalue weighted by Crippen LogP contribution is 2.42. The van der Waals surface area contributed by atoms with E-state index in [-0.39, 0.29) is 16.8 Å². The fourth-order valence-corrected chi connectivity index (χ4v) is 2.16. The van der Waals surface area contributed by atoms with Crippen molar-refractivity contribution < 1.29 is 17.7 Å². The van der Waals surface area contributed by atoms with Crippen molar-refractivity contribution >= 4 is 0 Å². The Kier molecular flexibility index (Phi) is 3.58. The molecule has 0 bridgehead atoms. The number of aromatic nitrogens is 2. The Morgan fingerprint density at radius 2 is 1.78 bits per heavy atom. The molecule has 0 spiro atoms. The molecule has 3 aromatic rings. The molecule has 23 heavy (non-hydrogen) atoms. The molecule has 0 unspecified atom stereocenters. The Balaban J connectivity index is 2.23. The highest BCUT2D eigenvalue weighted by atomic mass is 19.4. The molecule has 2 heterocycles. The van der Waals surface area contributed by atoms with Gasteiger partial charge in [-0.1, -0.05) is 17.3 Å². The summed E-state index contributed by atoms with van der Waals surface area (Å²) in [5, 5.41) is 12.4. The normalized spacial score (nSPS) is 11.2. The minimum absolute atomic E-state index is 0.0510. The maximum Gasteiger partial charge on any atom is 0.453 e. The second-order valence-electron chi connectivity index (χ2n) is 4.66. The summed E-state index contributed by atoms with van der Waals surface area (Å²) in [7, 11) is 0. The zero-order valence-corrected chi connectivity index (χ0v) is 11.5. The third-order valence-corrected chi connectivity index (χ3v) is 3.19. The molecule has 0 saturated carbocycles. The van der Waals surface area contributed by atoms with Crippen LogP contribution in [-0.4, -0.2) is 10.1 Å². The van der Waals surface area contributed by atoms with Gasteiger partial charge in [-0.05, 0) is 29.8 Å². The van der Waals surface area contributed by atoms with Gasteiger partial charge < -0.3 is 4.52 Å². The summed E-state index contributed by atoms with van der Waals surface area (Å²) >= 11 is 0. The zero-order valence-electron chi connectivity index (χ0n) is 11.5. The topological polar surface area (TPSA) is 62.7 Å². The Morgan fingerprint density at radius 1 is 1.04 bits per heavy atom. The Bertz CT molecular complexity index is 862.